The van der Waals surface area contributed by atoms with Gasteiger partial charge in [-0.3, -0.25) is 4.98 Å². The largest absolute Gasteiger partial charge is 0.374 e. The highest BCUT2D eigenvalue weighted by molar-refractivity contribution is 5.81. The van der Waals surface area contributed by atoms with Gasteiger partial charge in [-0.25, -0.2) is 0 Å². The first kappa shape index (κ1) is 14.4. The van der Waals surface area contributed by atoms with Gasteiger partial charge in [-0.2, -0.15) is 0 Å². The lowest BCUT2D eigenvalue weighted by molar-refractivity contribution is -0.0371. The Morgan fingerprint density at radius 2 is 2.24 bits per heavy atom. The molecular weight excluding hydrogens is 262 g/mol. The van der Waals surface area contributed by atoms with Crippen LogP contribution in [0.5, 0.6) is 0 Å². The van der Waals surface area contributed by atoms with E-state index in [0.29, 0.717) is 6.04 Å². The second-order valence-electron chi connectivity index (χ2n) is 5.76. The van der Waals surface area contributed by atoms with E-state index in [2.05, 4.69) is 46.5 Å². The molecule has 1 aliphatic heterocycles. The molecule has 2 aromatic rings. The first-order valence-electron chi connectivity index (χ1n) is 7.58. The number of pyridine rings is 1. The van der Waals surface area contributed by atoms with Gasteiger partial charge in [0.05, 0.1) is 18.2 Å². The minimum absolute atomic E-state index is 0.237. The van der Waals surface area contributed by atoms with Gasteiger partial charge in [-0.05, 0) is 38.2 Å². The fraction of sp³-hybridized carbons (Fsp3) is 0.471. The zero-order valence-corrected chi connectivity index (χ0v) is 12.7. The average Bonchev–Trinajstić information content (AvgIpc) is 2.52. The Kier molecular flexibility index (Phi) is 4.48. The maximum Gasteiger partial charge on any atom is 0.0858 e. The molecule has 0 saturated carbocycles. The predicted octanol–water partition coefficient (Wildman–Crippen LogP) is 1.70. The molecule has 0 spiro atoms. The maximum absolute atomic E-state index is 5.97. The van der Waals surface area contributed by atoms with Gasteiger partial charge in [0.2, 0.25) is 0 Å². The molecule has 2 heterocycles. The molecule has 3 rings (SSSR count). The van der Waals surface area contributed by atoms with E-state index in [4.69, 9.17) is 4.74 Å². The van der Waals surface area contributed by atoms with Crippen LogP contribution in [0.2, 0.25) is 0 Å². The molecular formula is C17H23N3O. The zero-order valence-electron chi connectivity index (χ0n) is 12.7. The first-order valence-corrected chi connectivity index (χ1v) is 7.58. The summed E-state index contributed by atoms with van der Waals surface area (Å²) in [5.41, 5.74) is 2.39. The minimum atomic E-state index is 0.237. The summed E-state index contributed by atoms with van der Waals surface area (Å²) in [7, 11) is 4.18. The summed E-state index contributed by atoms with van der Waals surface area (Å²) in [6.45, 7) is 2.82. The van der Waals surface area contributed by atoms with Gasteiger partial charge < -0.3 is 15.0 Å². The molecule has 1 saturated heterocycles. The van der Waals surface area contributed by atoms with Gasteiger partial charge in [0.25, 0.3) is 0 Å². The van der Waals surface area contributed by atoms with Gasteiger partial charge in [0.1, 0.15) is 0 Å². The van der Waals surface area contributed by atoms with Crippen LogP contribution in [-0.2, 0) is 11.2 Å². The van der Waals surface area contributed by atoms with Crippen LogP contribution in [0, 0.1) is 0 Å². The lowest BCUT2D eigenvalue weighted by Gasteiger charge is -2.35. The Labute approximate surface area is 126 Å². The van der Waals surface area contributed by atoms with Crippen molar-refractivity contribution in [1.29, 1.82) is 0 Å². The summed E-state index contributed by atoms with van der Waals surface area (Å²) < 4.78 is 5.97. The van der Waals surface area contributed by atoms with Crippen molar-refractivity contribution in [3.63, 3.8) is 0 Å². The Morgan fingerprint density at radius 1 is 1.38 bits per heavy atom. The highest BCUT2D eigenvalue weighted by Crippen LogP contribution is 2.20. The first-order chi connectivity index (χ1) is 10.3. The molecule has 1 N–H and O–H groups in total. The van der Waals surface area contributed by atoms with Crippen molar-refractivity contribution in [2.45, 2.75) is 18.6 Å². The molecule has 1 fully saturated rings. The molecule has 2 unspecified atom stereocenters. The van der Waals surface area contributed by atoms with Crippen molar-refractivity contribution in [1.82, 2.24) is 15.2 Å². The zero-order chi connectivity index (χ0) is 14.7. The summed E-state index contributed by atoms with van der Waals surface area (Å²) in [6, 6.07) is 10.8. The highest BCUT2D eigenvalue weighted by Gasteiger charge is 2.26. The molecule has 0 aliphatic carbocycles. The SMILES string of the molecule is CNC(Cc1ccnc2ccccc12)C1CN(C)CCO1. The third kappa shape index (κ3) is 3.23. The number of nitrogens with one attached hydrogen (secondary N) is 1. The van der Waals surface area contributed by atoms with Crippen LogP contribution in [0.3, 0.4) is 0 Å². The summed E-state index contributed by atoms with van der Waals surface area (Å²) in [5.74, 6) is 0. The minimum Gasteiger partial charge on any atom is -0.374 e. The van der Waals surface area contributed by atoms with Crippen LogP contribution in [-0.4, -0.2) is 55.8 Å². The molecule has 0 bridgehead atoms. The number of nitrogens with zero attached hydrogens (tertiary/aromatic N) is 2. The average molecular weight is 285 g/mol. The maximum atomic E-state index is 5.97. The van der Waals surface area contributed by atoms with E-state index in [9.17, 15) is 0 Å². The molecule has 1 aromatic carbocycles. The number of likely N-dealkylation sites (N-methyl/N-ethyl adjacent to an activating group) is 2. The molecule has 2 atom stereocenters. The number of rotatable bonds is 4. The van der Waals surface area contributed by atoms with E-state index in [1.54, 1.807) is 0 Å². The summed E-state index contributed by atoms with van der Waals surface area (Å²) in [5, 5.41) is 4.67. The lowest BCUT2D eigenvalue weighted by atomic mass is 9.97. The van der Waals surface area contributed by atoms with Crippen LogP contribution in [0.4, 0.5) is 0 Å². The third-order valence-corrected chi connectivity index (χ3v) is 4.30. The molecule has 21 heavy (non-hydrogen) atoms. The van der Waals surface area contributed by atoms with E-state index in [-0.39, 0.29) is 6.10 Å². The molecule has 0 amide bonds. The Hall–Kier alpha value is -1.49. The number of morpholine rings is 1. The number of hydrogen-bond acceptors (Lipinski definition) is 4. The van der Waals surface area contributed by atoms with E-state index >= 15 is 0 Å². The van der Waals surface area contributed by atoms with Gasteiger partial charge >= 0.3 is 0 Å². The fourth-order valence-electron chi connectivity index (χ4n) is 3.04. The Balaban J connectivity index is 1.82. The normalized spacial score (nSPS) is 21.5. The van der Waals surface area contributed by atoms with Gasteiger partial charge in [0, 0.05) is 30.7 Å². The summed E-state index contributed by atoms with van der Waals surface area (Å²) >= 11 is 0. The second kappa shape index (κ2) is 6.52. The molecule has 4 heteroatoms. The lowest BCUT2D eigenvalue weighted by Crippen LogP contribution is -2.51. The Bertz CT molecular complexity index is 596. The molecule has 112 valence electrons. The van der Waals surface area contributed by atoms with Crippen LogP contribution < -0.4 is 5.32 Å². The smallest absolute Gasteiger partial charge is 0.0858 e. The quantitative estimate of drug-likeness (QED) is 0.928. The van der Waals surface area contributed by atoms with Crippen molar-refractivity contribution < 1.29 is 4.74 Å². The second-order valence-corrected chi connectivity index (χ2v) is 5.76. The number of aromatic nitrogens is 1. The van der Waals surface area contributed by atoms with Crippen molar-refractivity contribution in [3.05, 3.63) is 42.1 Å². The standard InChI is InChI=1S/C17H23N3O/c1-18-16(17-12-20(2)9-10-21-17)11-13-7-8-19-15-6-4-3-5-14(13)15/h3-8,16-18H,9-12H2,1-2H3. The van der Waals surface area contributed by atoms with Crippen LogP contribution in [0.25, 0.3) is 10.9 Å². The topological polar surface area (TPSA) is 37.4 Å². The van der Waals surface area contributed by atoms with Gasteiger partial charge in [-0.15, -0.1) is 0 Å². The van der Waals surface area contributed by atoms with Crippen LogP contribution >= 0.6 is 0 Å². The van der Waals surface area contributed by atoms with Gasteiger partial charge in [-0.1, -0.05) is 18.2 Å². The number of fused-ring (bicyclic) bond motifs is 1. The third-order valence-electron chi connectivity index (χ3n) is 4.30. The van der Waals surface area contributed by atoms with Crippen molar-refractivity contribution >= 4 is 10.9 Å². The fourth-order valence-corrected chi connectivity index (χ4v) is 3.04. The highest BCUT2D eigenvalue weighted by atomic mass is 16.5. The van der Waals surface area contributed by atoms with Crippen molar-refractivity contribution in [2.24, 2.45) is 0 Å². The number of para-hydroxylation sites is 1. The number of hydrogen-bond donors (Lipinski definition) is 1. The Morgan fingerprint density at radius 3 is 3.05 bits per heavy atom. The molecule has 4 nitrogen and oxygen atoms in total. The van der Waals surface area contributed by atoms with Crippen LogP contribution in [0.15, 0.2) is 36.5 Å². The van der Waals surface area contributed by atoms with E-state index < -0.39 is 0 Å². The van der Waals surface area contributed by atoms with Gasteiger partial charge in [0.15, 0.2) is 0 Å². The van der Waals surface area contributed by atoms with E-state index in [1.807, 2.05) is 19.3 Å². The van der Waals surface area contributed by atoms with Crippen molar-refractivity contribution in [3.8, 4) is 0 Å². The van der Waals surface area contributed by atoms with E-state index in [0.717, 1.165) is 31.6 Å². The predicted molar refractivity (Wildman–Crippen MR) is 85.5 cm³/mol. The molecule has 0 radical (unpaired) electrons. The molecule has 1 aliphatic rings. The number of benzene rings is 1. The van der Waals surface area contributed by atoms with Crippen LogP contribution in [0.1, 0.15) is 5.56 Å². The summed E-state index contributed by atoms with van der Waals surface area (Å²) in [6.07, 6.45) is 3.09. The number of ether oxygens (including phenoxy) is 1. The summed E-state index contributed by atoms with van der Waals surface area (Å²) in [4.78, 5) is 6.78. The van der Waals surface area contributed by atoms with Crippen molar-refractivity contribution in [2.75, 3.05) is 33.8 Å². The molecule has 1 aromatic heterocycles. The van der Waals surface area contributed by atoms with E-state index in [1.165, 1.54) is 10.9 Å². The monoisotopic (exact) mass is 285 g/mol.